The average molecular weight is 482 g/mol. The molecule has 0 unspecified atom stereocenters. The fraction of sp³-hybridized carbons (Fsp3) is 0.609. The highest BCUT2D eigenvalue weighted by Crippen LogP contribution is 2.47. The summed E-state index contributed by atoms with van der Waals surface area (Å²) in [6.07, 6.45) is 2.61. The van der Waals surface area contributed by atoms with Gasteiger partial charge in [0.05, 0.1) is 5.41 Å². The monoisotopic (exact) mass is 481 g/mol. The number of ketones is 1. The van der Waals surface area contributed by atoms with Gasteiger partial charge in [0.2, 0.25) is 0 Å². The standard InChI is InChI=1S/C23H32BrNO5/c1-6-23(20(27)29-15-19(26)16-9-11-18(24)12-10-16)13-7-8-17(23)14-25(5)21(28)30-22(2,3)4/h9-12,17H,6-8,13-15H2,1-5H3/t17-,23+/m1/s1. The number of amides is 1. The molecule has 1 aromatic rings. The second-order valence-electron chi connectivity index (χ2n) is 8.97. The SMILES string of the molecule is CC[C@]1(C(=O)OCC(=O)c2ccc(Br)cc2)CCC[C@@H]1CN(C)C(=O)OC(C)(C)C. The van der Waals surface area contributed by atoms with Crippen molar-refractivity contribution in [2.24, 2.45) is 11.3 Å². The van der Waals surface area contributed by atoms with Crippen LogP contribution in [0.4, 0.5) is 4.79 Å². The van der Waals surface area contributed by atoms with Crippen molar-refractivity contribution in [2.45, 2.75) is 59.0 Å². The Hall–Kier alpha value is -1.89. The summed E-state index contributed by atoms with van der Waals surface area (Å²) < 4.78 is 11.8. The Balaban J connectivity index is 2.02. The lowest BCUT2D eigenvalue weighted by Gasteiger charge is -2.35. The molecule has 1 fully saturated rings. The smallest absolute Gasteiger partial charge is 0.410 e. The van der Waals surface area contributed by atoms with Gasteiger partial charge in [-0.05, 0) is 58.1 Å². The predicted molar refractivity (Wildman–Crippen MR) is 118 cm³/mol. The molecule has 2 atom stereocenters. The van der Waals surface area contributed by atoms with Crippen LogP contribution in [0.3, 0.4) is 0 Å². The van der Waals surface area contributed by atoms with Crippen LogP contribution >= 0.6 is 15.9 Å². The molecule has 1 aliphatic carbocycles. The first-order valence-corrected chi connectivity index (χ1v) is 11.2. The highest BCUT2D eigenvalue weighted by atomic mass is 79.9. The van der Waals surface area contributed by atoms with Crippen molar-refractivity contribution in [3.63, 3.8) is 0 Å². The van der Waals surface area contributed by atoms with Crippen molar-refractivity contribution in [1.29, 1.82) is 0 Å². The molecule has 1 aromatic carbocycles. The van der Waals surface area contributed by atoms with E-state index >= 15 is 0 Å². The third-order valence-electron chi connectivity index (χ3n) is 5.69. The molecular formula is C23H32BrNO5. The summed E-state index contributed by atoms with van der Waals surface area (Å²) in [5.74, 6) is -0.617. The number of halogens is 1. The Morgan fingerprint density at radius 2 is 1.83 bits per heavy atom. The Bertz CT molecular complexity index is 771. The number of rotatable bonds is 7. The highest BCUT2D eigenvalue weighted by Gasteiger charge is 2.49. The van der Waals surface area contributed by atoms with Crippen LogP contribution in [-0.2, 0) is 14.3 Å². The lowest BCUT2D eigenvalue weighted by molar-refractivity contribution is -0.158. The van der Waals surface area contributed by atoms with Gasteiger partial charge < -0.3 is 14.4 Å². The van der Waals surface area contributed by atoms with E-state index in [0.29, 0.717) is 24.9 Å². The van der Waals surface area contributed by atoms with Crippen molar-refractivity contribution in [3.8, 4) is 0 Å². The van der Waals surface area contributed by atoms with Crippen LogP contribution in [0.2, 0.25) is 0 Å². The second-order valence-corrected chi connectivity index (χ2v) is 9.88. The normalized spacial score (nSPS) is 21.2. The number of carbonyl (C=O) groups excluding carboxylic acids is 3. The summed E-state index contributed by atoms with van der Waals surface area (Å²) in [6.45, 7) is 7.57. The highest BCUT2D eigenvalue weighted by molar-refractivity contribution is 9.10. The number of nitrogens with zero attached hydrogens (tertiary/aromatic N) is 1. The van der Waals surface area contributed by atoms with E-state index in [0.717, 1.165) is 17.3 Å². The molecular weight excluding hydrogens is 450 g/mol. The molecule has 1 saturated carbocycles. The zero-order valence-electron chi connectivity index (χ0n) is 18.5. The van der Waals surface area contributed by atoms with Crippen molar-refractivity contribution < 1.29 is 23.9 Å². The Morgan fingerprint density at radius 1 is 1.20 bits per heavy atom. The maximum atomic E-state index is 13.1. The zero-order valence-corrected chi connectivity index (χ0v) is 20.1. The number of ether oxygens (including phenoxy) is 2. The lowest BCUT2D eigenvalue weighted by atomic mass is 9.75. The average Bonchev–Trinajstić information content (AvgIpc) is 3.08. The maximum Gasteiger partial charge on any atom is 0.410 e. The summed E-state index contributed by atoms with van der Waals surface area (Å²) in [5, 5.41) is 0. The predicted octanol–water partition coefficient (Wildman–Crippen LogP) is 5.24. The minimum Gasteiger partial charge on any atom is -0.457 e. The number of Topliss-reactive ketones (excluding diaryl/α,β-unsaturated/α-hetero) is 1. The quantitative estimate of drug-likeness (QED) is 0.393. The van der Waals surface area contributed by atoms with Crippen LogP contribution in [0.15, 0.2) is 28.7 Å². The molecule has 1 aliphatic rings. The van der Waals surface area contributed by atoms with Crippen molar-refractivity contribution in [2.75, 3.05) is 20.2 Å². The molecule has 1 amide bonds. The van der Waals surface area contributed by atoms with Gasteiger partial charge in [-0.3, -0.25) is 9.59 Å². The Labute approximate surface area is 187 Å². The number of carbonyl (C=O) groups is 3. The number of hydrogen-bond acceptors (Lipinski definition) is 5. The third-order valence-corrected chi connectivity index (χ3v) is 6.22. The van der Waals surface area contributed by atoms with Crippen molar-refractivity contribution in [3.05, 3.63) is 34.3 Å². The van der Waals surface area contributed by atoms with E-state index in [1.54, 1.807) is 31.3 Å². The van der Waals surface area contributed by atoms with E-state index in [2.05, 4.69) is 15.9 Å². The Kier molecular flexibility index (Phi) is 8.08. The van der Waals surface area contributed by atoms with E-state index in [9.17, 15) is 14.4 Å². The zero-order chi connectivity index (χ0) is 22.5. The van der Waals surface area contributed by atoms with Crippen LogP contribution in [0, 0.1) is 11.3 Å². The van der Waals surface area contributed by atoms with Crippen LogP contribution < -0.4 is 0 Å². The third kappa shape index (κ3) is 6.06. The minimum absolute atomic E-state index is 0.0321. The van der Waals surface area contributed by atoms with Gasteiger partial charge >= 0.3 is 12.1 Å². The number of hydrogen-bond donors (Lipinski definition) is 0. The number of benzene rings is 1. The van der Waals surface area contributed by atoms with Gasteiger partial charge in [-0.2, -0.15) is 0 Å². The Morgan fingerprint density at radius 3 is 2.40 bits per heavy atom. The first-order chi connectivity index (χ1) is 14.0. The fourth-order valence-electron chi connectivity index (χ4n) is 4.03. The van der Waals surface area contributed by atoms with Gasteiger partial charge in [-0.25, -0.2) is 4.79 Å². The van der Waals surface area contributed by atoms with Gasteiger partial charge in [0.15, 0.2) is 12.4 Å². The molecule has 0 N–H and O–H groups in total. The van der Waals surface area contributed by atoms with Crippen molar-refractivity contribution in [1.82, 2.24) is 4.90 Å². The van der Waals surface area contributed by atoms with Crippen LogP contribution in [0.5, 0.6) is 0 Å². The van der Waals surface area contributed by atoms with Crippen LogP contribution in [0.1, 0.15) is 63.7 Å². The first-order valence-electron chi connectivity index (χ1n) is 10.4. The molecule has 0 bridgehead atoms. The molecule has 2 rings (SSSR count). The molecule has 0 aromatic heterocycles. The van der Waals surface area contributed by atoms with E-state index in [4.69, 9.17) is 9.47 Å². The fourth-order valence-corrected chi connectivity index (χ4v) is 4.29. The van der Waals surface area contributed by atoms with E-state index < -0.39 is 17.1 Å². The lowest BCUT2D eigenvalue weighted by Crippen LogP contribution is -2.44. The van der Waals surface area contributed by atoms with Crippen molar-refractivity contribution >= 4 is 33.8 Å². The van der Waals surface area contributed by atoms with Gasteiger partial charge in [0.1, 0.15) is 5.60 Å². The molecule has 0 spiro atoms. The molecule has 30 heavy (non-hydrogen) atoms. The summed E-state index contributed by atoms with van der Waals surface area (Å²) in [7, 11) is 1.69. The molecule has 0 radical (unpaired) electrons. The number of esters is 1. The van der Waals surface area contributed by atoms with E-state index in [1.165, 1.54) is 4.90 Å². The van der Waals surface area contributed by atoms with Gasteiger partial charge in [0, 0.05) is 23.6 Å². The van der Waals surface area contributed by atoms with Crippen LogP contribution in [0.25, 0.3) is 0 Å². The molecule has 6 nitrogen and oxygen atoms in total. The summed E-state index contributed by atoms with van der Waals surface area (Å²) in [5.41, 5.74) is -0.755. The molecule has 0 saturated heterocycles. The van der Waals surface area contributed by atoms with Gasteiger partial charge in [0.25, 0.3) is 0 Å². The first kappa shape index (κ1) is 24.4. The maximum absolute atomic E-state index is 13.1. The topological polar surface area (TPSA) is 72.9 Å². The van der Waals surface area contributed by atoms with Gasteiger partial charge in [-0.1, -0.05) is 41.4 Å². The van der Waals surface area contributed by atoms with E-state index in [-0.39, 0.29) is 24.3 Å². The summed E-state index contributed by atoms with van der Waals surface area (Å²) in [6, 6.07) is 6.96. The minimum atomic E-state index is -0.684. The van der Waals surface area contributed by atoms with Crippen LogP contribution in [-0.4, -0.2) is 48.5 Å². The van der Waals surface area contributed by atoms with Gasteiger partial charge in [-0.15, -0.1) is 0 Å². The molecule has 0 heterocycles. The molecule has 7 heteroatoms. The summed E-state index contributed by atoms with van der Waals surface area (Å²) >= 11 is 3.34. The summed E-state index contributed by atoms with van der Waals surface area (Å²) in [4.78, 5) is 39.3. The molecule has 166 valence electrons. The van der Waals surface area contributed by atoms with E-state index in [1.807, 2.05) is 27.7 Å². The molecule has 0 aliphatic heterocycles. The largest absolute Gasteiger partial charge is 0.457 e. The second kappa shape index (κ2) is 9.94.